The lowest BCUT2D eigenvalue weighted by molar-refractivity contribution is 0.209. The van der Waals surface area contributed by atoms with Crippen LogP contribution < -0.4 is 0 Å². The third-order valence-corrected chi connectivity index (χ3v) is 5.60. The second kappa shape index (κ2) is 9.03. The van der Waals surface area contributed by atoms with E-state index in [2.05, 4.69) is 72.6 Å². The van der Waals surface area contributed by atoms with Crippen molar-refractivity contribution < 1.29 is 0 Å². The number of hydrogen-bond acceptors (Lipinski definition) is 1. The highest BCUT2D eigenvalue weighted by molar-refractivity contribution is 5.32. The average Bonchev–Trinajstić information content (AvgIpc) is 2.65. The molecule has 2 aromatic carbocycles. The molecule has 2 aromatic rings. The molecule has 1 saturated heterocycles. The molecule has 1 heterocycles. The smallest absolute Gasteiger partial charge is 0.00893 e. The first-order valence-corrected chi connectivity index (χ1v) is 9.61. The number of unbranched alkanes of at least 4 members (excludes halogenated alkanes) is 1. The van der Waals surface area contributed by atoms with Crippen molar-refractivity contribution in [1.29, 1.82) is 0 Å². The van der Waals surface area contributed by atoms with E-state index in [4.69, 9.17) is 0 Å². The zero-order valence-electron chi connectivity index (χ0n) is 15.0. The predicted octanol–water partition coefficient (Wildman–Crippen LogP) is 5.72. The Kier molecular flexibility index (Phi) is 6.48. The molecule has 0 radical (unpaired) electrons. The minimum absolute atomic E-state index is 0.546. The lowest BCUT2D eigenvalue weighted by Crippen LogP contribution is -2.30. The van der Waals surface area contributed by atoms with Crippen LogP contribution in [-0.2, 0) is 0 Å². The fraction of sp³-hybridized carbons (Fsp3) is 0.478. The Balaban J connectivity index is 1.53. The molecule has 24 heavy (non-hydrogen) atoms. The molecule has 1 fully saturated rings. The van der Waals surface area contributed by atoms with Gasteiger partial charge < -0.3 is 4.90 Å². The number of piperidine rings is 1. The van der Waals surface area contributed by atoms with Gasteiger partial charge in [-0.25, -0.2) is 0 Å². The molecule has 0 atom stereocenters. The van der Waals surface area contributed by atoms with Crippen LogP contribution in [0.25, 0.3) is 0 Å². The Hall–Kier alpha value is -1.60. The Labute approximate surface area is 147 Å². The molecule has 1 aliphatic heterocycles. The van der Waals surface area contributed by atoms with E-state index >= 15 is 0 Å². The lowest BCUT2D eigenvalue weighted by Gasteiger charge is -2.29. The fourth-order valence-electron chi connectivity index (χ4n) is 4.03. The molecular weight excluding hydrogens is 290 g/mol. The molecule has 0 amide bonds. The van der Waals surface area contributed by atoms with Crippen LogP contribution in [0.5, 0.6) is 0 Å². The molecule has 1 aliphatic rings. The molecule has 1 nitrogen and oxygen atoms in total. The third kappa shape index (κ3) is 4.95. The van der Waals surface area contributed by atoms with Crippen LogP contribution in [0.3, 0.4) is 0 Å². The number of nitrogens with zero attached hydrogens (tertiary/aromatic N) is 1. The number of rotatable bonds is 7. The molecule has 0 N–H and O–H groups in total. The van der Waals surface area contributed by atoms with Crippen molar-refractivity contribution in [1.82, 2.24) is 4.90 Å². The molecule has 128 valence electrons. The van der Waals surface area contributed by atoms with Crippen molar-refractivity contribution in [2.75, 3.05) is 20.1 Å². The maximum Gasteiger partial charge on any atom is 0.00893 e. The number of hydrogen-bond donors (Lipinski definition) is 0. The van der Waals surface area contributed by atoms with Crippen molar-refractivity contribution in [2.24, 2.45) is 5.92 Å². The fourth-order valence-corrected chi connectivity index (χ4v) is 4.03. The van der Waals surface area contributed by atoms with Crippen LogP contribution in [0.2, 0.25) is 0 Å². The van der Waals surface area contributed by atoms with Gasteiger partial charge in [-0.1, -0.05) is 79.9 Å². The molecule has 3 rings (SSSR count). The van der Waals surface area contributed by atoms with Crippen molar-refractivity contribution in [3.05, 3.63) is 71.8 Å². The van der Waals surface area contributed by atoms with Gasteiger partial charge in [0.15, 0.2) is 0 Å². The van der Waals surface area contributed by atoms with E-state index in [-0.39, 0.29) is 0 Å². The summed E-state index contributed by atoms with van der Waals surface area (Å²) in [7, 11) is 2.25. The van der Waals surface area contributed by atoms with Crippen LogP contribution in [0.1, 0.15) is 55.6 Å². The predicted molar refractivity (Wildman–Crippen MR) is 103 cm³/mol. The highest BCUT2D eigenvalue weighted by Crippen LogP contribution is 2.31. The van der Waals surface area contributed by atoms with E-state index in [0.29, 0.717) is 5.92 Å². The summed E-state index contributed by atoms with van der Waals surface area (Å²) in [6, 6.07) is 22.1. The van der Waals surface area contributed by atoms with Gasteiger partial charge in [-0.15, -0.1) is 0 Å². The maximum absolute atomic E-state index is 2.47. The Morgan fingerprint density at radius 3 is 1.92 bits per heavy atom. The van der Waals surface area contributed by atoms with Crippen molar-refractivity contribution in [3.8, 4) is 0 Å². The quantitative estimate of drug-likeness (QED) is 0.589. The molecule has 1 heteroatoms. The lowest BCUT2D eigenvalue weighted by atomic mass is 9.85. The van der Waals surface area contributed by atoms with Gasteiger partial charge in [-0.2, -0.15) is 0 Å². The summed E-state index contributed by atoms with van der Waals surface area (Å²) in [5.41, 5.74) is 2.92. The monoisotopic (exact) mass is 321 g/mol. The first kappa shape index (κ1) is 17.2. The van der Waals surface area contributed by atoms with E-state index in [9.17, 15) is 0 Å². The normalized spacial score (nSPS) is 16.6. The van der Waals surface area contributed by atoms with Gasteiger partial charge in [0, 0.05) is 5.92 Å². The minimum atomic E-state index is 0.546. The van der Waals surface area contributed by atoms with Crippen LogP contribution in [0.15, 0.2) is 60.7 Å². The van der Waals surface area contributed by atoms with Crippen molar-refractivity contribution in [2.45, 2.75) is 44.4 Å². The van der Waals surface area contributed by atoms with Gasteiger partial charge in [0.1, 0.15) is 0 Å². The number of likely N-dealkylation sites (tertiary alicyclic amines) is 1. The van der Waals surface area contributed by atoms with Crippen LogP contribution in [-0.4, -0.2) is 25.0 Å². The summed E-state index contributed by atoms with van der Waals surface area (Å²) in [6.45, 7) is 2.59. The third-order valence-electron chi connectivity index (χ3n) is 5.60. The summed E-state index contributed by atoms with van der Waals surface area (Å²) in [5, 5.41) is 0. The molecular formula is C23H31N. The summed E-state index contributed by atoms with van der Waals surface area (Å²) in [4.78, 5) is 2.47. The largest absolute Gasteiger partial charge is 0.306 e. The van der Waals surface area contributed by atoms with Crippen molar-refractivity contribution >= 4 is 0 Å². The van der Waals surface area contributed by atoms with E-state index in [1.807, 2.05) is 0 Å². The van der Waals surface area contributed by atoms with Gasteiger partial charge in [0.05, 0.1) is 0 Å². The van der Waals surface area contributed by atoms with E-state index in [0.717, 1.165) is 5.92 Å². The van der Waals surface area contributed by atoms with E-state index in [1.165, 1.54) is 62.7 Å². The summed E-state index contributed by atoms with van der Waals surface area (Å²) >= 11 is 0. The van der Waals surface area contributed by atoms with Crippen LogP contribution >= 0.6 is 0 Å². The van der Waals surface area contributed by atoms with Crippen LogP contribution in [0, 0.1) is 5.92 Å². The standard InChI is InChI=1S/C23H31N/c1-24-18-16-20(17-19-24)10-8-9-15-23(21-11-4-2-5-12-21)22-13-6-3-7-14-22/h2-7,11-14,20,23H,8-10,15-19H2,1H3. The van der Waals surface area contributed by atoms with E-state index in [1.54, 1.807) is 0 Å². The molecule has 0 bridgehead atoms. The summed E-state index contributed by atoms with van der Waals surface area (Å²) in [6.07, 6.45) is 8.20. The Bertz CT molecular complexity index is 530. The molecule has 0 saturated carbocycles. The maximum atomic E-state index is 2.47. The minimum Gasteiger partial charge on any atom is -0.306 e. The molecule has 0 aliphatic carbocycles. The Morgan fingerprint density at radius 2 is 1.38 bits per heavy atom. The first-order valence-electron chi connectivity index (χ1n) is 9.61. The second-order valence-electron chi connectivity index (χ2n) is 7.41. The highest BCUT2D eigenvalue weighted by Gasteiger charge is 2.17. The molecule has 0 unspecified atom stereocenters. The van der Waals surface area contributed by atoms with Gasteiger partial charge in [-0.05, 0) is 56.4 Å². The topological polar surface area (TPSA) is 3.24 Å². The number of benzene rings is 2. The highest BCUT2D eigenvalue weighted by atomic mass is 15.1. The Morgan fingerprint density at radius 1 is 0.833 bits per heavy atom. The second-order valence-corrected chi connectivity index (χ2v) is 7.41. The molecule has 0 aromatic heterocycles. The average molecular weight is 322 g/mol. The summed E-state index contributed by atoms with van der Waals surface area (Å²) < 4.78 is 0. The van der Waals surface area contributed by atoms with E-state index < -0.39 is 0 Å². The van der Waals surface area contributed by atoms with Gasteiger partial charge in [0.25, 0.3) is 0 Å². The SMILES string of the molecule is CN1CCC(CCCCC(c2ccccc2)c2ccccc2)CC1. The zero-order valence-corrected chi connectivity index (χ0v) is 15.0. The zero-order chi connectivity index (χ0) is 16.6. The van der Waals surface area contributed by atoms with Crippen LogP contribution in [0.4, 0.5) is 0 Å². The van der Waals surface area contributed by atoms with Crippen molar-refractivity contribution in [3.63, 3.8) is 0 Å². The molecule has 0 spiro atoms. The first-order chi connectivity index (χ1) is 11.8. The summed E-state index contributed by atoms with van der Waals surface area (Å²) in [5.74, 6) is 1.51. The van der Waals surface area contributed by atoms with Gasteiger partial charge >= 0.3 is 0 Å². The van der Waals surface area contributed by atoms with Gasteiger partial charge in [-0.3, -0.25) is 0 Å². The van der Waals surface area contributed by atoms with Gasteiger partial charge in [0.2, 0.25) is 0 Å².